The molecule has 0 aromatic heterocycles. The lowest BCUT2D eigenvalue weighted by molar-refractivity contribution is -0.910. The van der Waals surface area contributed by atoms with Crippen LogP contribution in [0.3, 0.4) is 0 Å². The van der Waals surface area contributed by atoms with Gasteiger partial charge >= 0.3 is 8.03 Å². The van der Waals surface area contributed by atoms with Crippen LogP contribution in [-0.4, -0.2) is 30.9 Å². The summed E-state index contributed by atoms with van der Waals surface area (Å²) in [5, 5.41) is -0.587. The molecule has 0 aromatic carbocycles. The van der Waals surface area contributed by atoms with E-state index in [4.69, 9.17) is 0 Å². The monoisotopic (exact) mass is 428 g/mol. The first-order valence-electron chi connectivity index (χ1n) is 12.4. The highest BCUT2D eigenvalue weighted by atomic mass is 31.1. The summed E-state index contributed by atoms with van der Waals surface area (Å²) in [6.45, 7) is 4.29. The predicted octanol–water partition coefficient (Wildman–Crippen LogP) is 7.72. The van der Waals surface area contributed by atoms with Crippen LogP contribution in [0.1, 0.15) is 123 Å². The van der Waals surface area contributed by atoms with Crippen molar-refractivity contribution < 1.29 is 13.9 Å². The van der Waals surface area contributed by atoms with Gasteiger partial charge in [-0.3, -0.25) is 4.48 Å². The highest BCUT2D eigenvalue weighted by Gasteiger charge is 2.53. The number of allylic oxidation sites excluding steroid dienone is 2. The van der Waals surface area contributed by atoms with E-state index in [0.29, 0.717) is 4.48 Å². The topological polar surface area (TPSA) is 40.1 Å². The van der Waals surface area contributed by atoms with Gasteiger partial charge in [-0.2, -0.15) is 0 Å². The van der Waals surface area contributed by atoms with Crippen molar-refractivity contribution in [3.8, 4) is 0 Å². The second kappa shape index (κ2) is 17.4. The van der Waals surface area contributed by atoms with Crippen LogP contribution >= 0.6 is 8.03 Å². The SMILES string of the molecule is CCC=CCCCCCCCCCCCCCCC(CCC)([P+](=O)[O-])[N+](C)(C)C. The van der Waals surface area contributed by atoms with Gasteiger partial charge in [-0.15, -0.1) is 0 Å². The van der Waals surface area contributed by atoms with Crippen LogP contribution in [0.25, 0.3) is 0 Å². The Morgan fingerprint density at radius 2 is 1.17 bits per heavy atom. The van der Waals surface area contributed by atoms with E-state index >= 15 is 0 Å². The zero-order valence-corrected chi connectivity index (χ0v) is 21.3. The molecule has 0 N–H and O–H groups in total. The van der Waals surface area contributed by atoms with E-state index in [2.05, 4.69) is 26.0 Å². The van der Waals surface area contributed by atoms with Gasteiger partial charge in [-0.1, -0.05) is 94.8 Å². The number of rotatable bonds is 20. The highest BCUT2D eigenvalue weighted by Crippen LogP contribution is 2.45. The van der Waals surface area contributed by atoms with Gasteiger partial charge in [0.1, 0.15) is 0 Å². The van der Waals surface area contributed by atoms with Crippen LogP contribution in [-0.2, 0) is 4.57 Å². The van der Waals surface area contributed by atoms with Crippen LogP contribution in [0.2, 0.25) is 0 Å². The van der Waals surface area contributed by atoms with E-state index in [1.165, 1.54) is 77.0 Å². The van der Waals surface area contributed by atoms with Crippen molar-refractivity contribution in [2.24, 2.45) is 0 Å². The molecule has 0 rings (SSSR count). The summed E-state index contributed by atoms with van der Waals surface area (Å²) >= 11 is 0. The van der Waals surface area contributed by atoms with Crippen molar-refractivity contribution in [2.45, 2.75) is 128 Å². The van der Waals surface area contributed by atoms with Gasteiger partial charge in [0.2, 0.25) is 0 Å². The zero-order chi connectivity index (χ0) is 22.0. The number of hydrogen-bond acceptors (Lipinski definition) is 2. The summed E-state index contributed by atoms with van der Waals surface area (Å²) in [5.41, 5.74) is 0. The first-order chi connectivity index (χ1) is 13.8. The lowest BCUT2D eigenvalue weighted by Gasteiger charge is -2.39. The third-order valence-corrected chi connectivity index (χ3v) is 8.07. The Bertz CT molecular complexity index is 431. The minimum Gasteiger partial charge on any atom is -0.590 e. The van der Waals surface area contributed by atoms with E-state index in [-0.39, 0.29) is 0 Å². The second-order valence-corrected chi connectivity index (χ2v) is 11.0. The molecule has 0 fully saturated rings. The van der Waals surface area contributed by atoms with E-state index in [1.54, 1.807) is 0 Å². The molecule has 0 amide bonds. The van der Waals surface area contributed by atoms with Crippen molar-refractivity contribution in [1.82, 2.24) is 0 Å². The van der Waals surface area contributed by atoms with Crippen LogP contribution < -0.4 is 4.89 Å². The fraction of sp³-hybridized carbons (Fsp3) is 0.920. The predicted molar refractivity (Wildman–Crippen MR) is 127 cm³/mol. The molecule has 3 nitrogen and oxygen atoms in total. The fourth-order valence-corrected chi connectivity index (χ4v) is 5.58. The molecule has 2 atom stereocenters. The van der Waals surface area contributed by atoms with Crippen molar-refractivity contribution in [2.75, 3.05) is 21.1 Å². The zero-order valence-electron chi connectivity index (χ0n) is 20.4. The Morgan fingerprint density at radius 3 is 1.55 bits per heavy atom. The third kappa shape index (κ3) is 12.9. The van der Waals surface area contributed by atoms with E-state index < -0.39 is 13.3 Å². The highest BCUT2D eigenvalue weighted by molar-refractivity contribution is 7.38. The third-order valence-electron chi connectivity index (χ3n) is 6.34. The van der Waals surface area contributed by atoms with E-state index in [1.807, 2.05) is 21.1 Å². The molecular formula is C25H51NO2P+. The van der Waals surface area contributed by atoms with Gasteiger partial charge < -0.3 is 4.89 Å². The maximum atomic E-state index is 12.1. The molecule has 0 aromatic rings. The molecule has 4 heteroatoms. The largest absolute Gasteiger partial charge is 0.590 e. The van der Waals surface area contributed by atoms with E-state index in [0.717, 1.165) is 32.1 Å². The molecule has 0 aliphatic rings. The average Bonchev–Trinajstić information content (AvgIpc) is 2.65. The van der Waals surface area contributed by atoms with Crippen molar-refractivity contribution in [3.05, 3.63) is 12.2 Å². The second-order valence-electron chi connectivity index (χ2n) is 9.66. The van der Waals surface area contributed by atoms with Crippen LogP contribution in [0.15, 0.2) is 12.2 Å². The minimum atomic E-state index is -2.42. The molecule has 0 bridgehead atoms. The van der Waals surface area contributed by atoms with Crippen LogP contribution in [0, 0.1) is 0 Å². The minimum absolute atomic E-state index is 0.523. The molecule has 0 spiro atoms. The van der Waals surface area contributed by atoms with Gasteiger partial charge in [0.15, 0.2) is 0 Å². The quantitative estimate of drug-likeness (QED) is 0.0861. The maximum absolute atomic E-state index is 12.1. The number of nitrogens with zero attached hydrogens (tertiary/aromatic N) is 1. The first kappa shape index (κ1) is 28.8. The Kier molecular flexibility index (Phi) is 17.3. The van der Waals surface area contributed by atoms with Crippen LogP contribution in [0.5, 0.6) is 0 Å². The fourth-order valence-electron chi connectivity index (χ4n) is 4.35. The molecular weight excluding hydrogens is 377 g/mol. The number of quaternary nitrogens is 1. The standard InChI is InChI=1S/C25H51NO2P/c1-6-8-9-10-11-12-13-14-15-16-17-18-19-20-21-22-24-25(23-7-2,29(27)28)26(3,4)5/h8-9H,6-7,10-24H2,1-5H3/q+1. The summed E-state index contributed by atoms with van der Waals surface area (Å²) in [6.07, 6.45) is 25.3. The molecule has 0 aliphatic heterocycles. The summed E-state index contributed by atoms with van der Waals surface area (Å²) in [7, 11) is 3.68. The van der Waals surface area contributed by atoms with Gasteiger partial charge in [-0.05, 0) is 32.1 Å². The van der Waals surface area contributed by atoms with Crippen LogP contribution in [0.4, 0.5) is 0 Å². The molecule has 0 radical (unpaired) electrons. The summed E-state index contributed by atoms with van der Waals surface area (Å²) in [4.78, 5) is 12.1. The molecule has 2 unspecified atom stereocenters. The summed E-state index contributed by atoms with van der Waals surface area (Å²) < 4.78 is 12.6. The lowest BCUT2D eigenvalue weighted by atomic mass is 9.99. The molecule has 0 saturated carbocycles. The molecule has 172 valence electrons. The molecule has 0 heterocycles. The Balaban J connectivity index is 3.69. The van der Waals surface area contributed by atoms with E-state index in [9.17, 15) is 9.46 Å². The normalized spacial score (nSPS) is 15.0. The molecule has 0 aliphatic carbocycles. The average molecular weight is 429 g/mol. The first-order valence-corrected chi connectivity index (χ1v) is 13.6. The number of unbranched alkanes of at least 4 members (excludes halogenated alkanes) is 12. The van der Waals surface area contributed by atoms with Crippen molar-refractivity contribution >= 4 is 8.03 Å². The summed E-state index contributed by atoms with van der Waals surface area (Å²) in [5.74, 6) is 0. The Hall–Kier alpha value is -0.240. The Morgan fingerprint density at radius 1 is 0.724 bits per heavy atom. The summed E-state index contributed by atoms with van der Waals surface area (Å²) in [6, 6.07) is 0. The van der Waals surface area contributed by atoms with Gasteiger partial charge in [0.05, 0.1) is 21.1 Å². The Labute approximate surface area is 183 Å². The van der Waals surface area contributed by atoms with Gasteiger partial charge in [0, 0.05) is 12.8 Å². The lowest BCUT2D eigenvalue weighted by Crippen LogP contribution is -2.55. The maximum Gasteiger partial charge on any atom is 0.376 e. The van der Waals surface area contributed by atoms with Gasteiger partial charge in [-0.25, -0.2) is 0 Å². The van der Waals surface area contributed by atoms with Crippen molar-refractivity contribution in [1.29, 1.82) is 0 Å². The molecule has 0 saturated heterocycles. The van der Waals surface area contributed by atoms with Crippen molar-refractivity contribution in [3.63, 3.8) is 0 Å². The smallest absolute Gasteiger partial charge is 0.376 e. The molecule has 29 heavy (non-hydrogen) atoms. The number of hydrogen-bond donors (Lipinski definition) is 0. The van der Waals surface area contributed by atoms with Gasteiger partial charge in [0.25, 0.3) is 5.28 Å².